The van der Waals surface area contributed by atoms with E-state index in [-0.39, 0.29) is 17.7 Å². The molecule has 0 fully saturated rings. The molecule has 1 heterocycles. The van der Waals surface area contributed by atoms with E-state index in [1.165, 1.54) is 18.3 Å². The van der Waals surface area contributed by atoms with E-state index in [1.54, 1.807) is 6.92 Å². The Morgan fingerprint density at radius 1 is 1.35 bits per heavy atom. The van der Waals surface area contributed by atoms with Crippen molar-refractivity contribution in [3.05, 3.63) is 43.9 Å². The second-order valence-electron chi connectivity index (χ2n) is 4.37. The van der Waals surface area contributed by atoms with E-state index >= 15 is 0 Å². The molecule has 0 radical (unpaired) electrons. The van der Waals surface area contributed by atoms with Crippen LogP contribution in [0.2, 0.25) is 0 Å². The highest BCUT2D eigenvalue weighted by Crippen LogP contribution is 2.20. The molecule has 1 amide bonds. The van der Waals surface area contributed by atoms with Gasteiger partial charge in [-0.3, -0.25) is 4.79 Å². The molecule has 2 aromatic rings. The van der Waals surface area contributed by atoms with Crippen molar-refractivity contribution in [1.29, 1.82) is 0 Å². The normalized spacial score (nSPS) is 10.6. The van der Waals surface area contributed by atoms with E-state index in [2.05, 4.69) is 10.3 Å². The zero-order valence-electron chi connectivity index (χ0n) is 10.8. The van der Waals surface area contributed by atoms with Crippen molar-refractivity contribution >= 4 is 35.1 Å². The average molecular weight is 314 g/mol. The fourth-order valence-corrected chi connectivity index (χ4v) is 2.98. The SMILES string of the molecule is Cc1cc(F)c(NC(=O)Cc2sc(=S)[nH]c2C)cc1F. The van der Waals surface area contributed by atoms with Crippen LogP contribution in [0.3, 0.4) is 0 Å². The Morgan fingerprint density at radius 3 is 2.65 bits per heavy atom. The van der Waals surface area contributed by atoms with E-state index in [0.717, 1.165) is 22.7 Å². The van der Waals surface area contributed by atoms with Crippen LogP contribution in [-0.4, -0.2) is 10.9 Å². The van der Waals surface area contributed by atoms with Gasteiger partial charge >= 0.3 is 0 Å². The Bertz CT molecular complexity index is 722. The Hall–Kier alpha value is -1.60. The van der Waals surface area contributed by atoms with Crippen molar-refractivity contribution < 1.29 is 13.6 Å². The van der Waals surface area contributed by atoms with Crippen LogP contribution in [0.25, 0.3) is 0 Å². The number of aromatic amines is 1. The molecular formula is C13H12F2N2OS2. The van der Waals surface area contributed by atoms with Crippen LogP contribution in [0.1, 0.15) is 16.1 Å². The first-order valence-corrected chi connectivity index (χ1v) is 7.03. The van der Waals surface area contributed by atoms with Crippen LogP contribution in [0.15, 0.2) is 12.1 Å². The first-order valence-electron chi connectivity index (χ1n) is 5.81. The summed E-state index contributed by atoms with van der Waals surface area (Å²) in [5.41, 5.74) is 0.848. The Morgan fingerprint density at radius 2 is 2.05 bits per heavy atom. The predicted molar refractivity (Wildman–Crippen MR) is 77.7 cm³/mol. The molecule has 3 nitrogen and oxygen atoms in total. The van der Waals surface area contributed by atoms with Crippen LogP contribution in [0, 0.1) is 29.4 Å². The van der Waals surface area contributed by atoms with Crippen molar-refractivity contribution in [1.82, 2.24) is 4.98 Å². The van der Waals surface area contributed by atoms with Crippen LogP contribution in [0.5, 0.6) is 0 Å². The molecule has 0 saturated heterocycles. The van der Waals surface area contributed by atoms with Crippen molar-refractivity contribution in [3.8, 4) is 0 Å². The van der Waals surface area contributed by atoms with Gasteiger partial charge in [0.15, 0.2) is 3.95 Å². The van der Waals surface area contributed by atoms with Crippen LogP contribution >= 0.6 is 23.6 Å². The number of amides is 1. The average Bonchev–Trinajstić information content (AvgIpc) is 2.64. The molecule has 0 spiro atoms. The van der Waals surface area contributed by atoms with Gasteiger partial charge in [0.25, 0.3) is 0 Å². The monoisotopic (exact) mass is 314 g/mol. The Balaban J connectivity index is 2.14. The standard InChI is InChI=1S/C13H12F2N2OS2/c1-6-3-9(15)10(4-8(6)14)17-12(18)5-11-7(2)16-13(19)20-11/h3-4H,5H2,1-2H3,(H,16,19)(H,17,18). The molecule has 106 valence electrons. The molecule has 0 aliphatic rings. The van der Waals surface area contributed by atoms with E-state index in [9.17, 15) is 13.6 Å². The first kappa shape index (κ1) is 14.8. The van der Waals surface area contributed by atoms with Gasteiger partial charge in [-0.15, -0.1) is 11.3 Å². The third kappa shape index (κ3) is 3.29. The van der Waals surface area contributed by atoms with Crippen molar-refractivity contribution in [2.75, 3.05) is 5.32 Å². The van der Waals surface area contributed by atoms with E-state index in [1.807, 2.05) is 0 Å². The molecule has 1 aromatic carbocycles. The molecule has 0 aliphatic carbocycles. The number of benzene rings is 1. The Labute approximate surface area is 123 Å². The minimum absolute atomic E-state index is 0.0680. The maximum atomic E-state index is 13.6. The minimum atomic E-state index is -0.657. The maximum Gasteiger partial charge on any atom is 0.229 e. The zero-order valence-corrected chi connectivity index (χ0v) is 12.5. The molecule has 7 heteroatoms. The minimum Gasteiger partial charge on any atom is -0.341 e. The summed E-state index contributed by atoms with van der Waals surface area (Å²) >= 11 is 6.27. The summed E-state index contributed by atoms with van der Waals surface area (Å²) in [5.74, 6) is -1.63. The number of halogens is 2. The number of carbonyl (C=O) groups excluding carboxylic acids is 1. The van der Waals surface area contributed by atoms with E-state index in [4.69, 9.17) is 12.2 Å². The number of aromatic nitrogens is 1. The molecule has 0 bridgehead atoms. The number of hydrogen-bond donors (Lipinski definition) is 2. The number of rotatable bonds is 3. The third-order valence-corrected chi connectivity index (χ3v) is 4.10. The number of nitrogens with one attached hydrogen (secondary N) is 2. The number of carbonyl (C=O) groups is 1. The van der Waals surface area contributed by atoms with Crippen molar-refractivity contribution in [2.24, 2.45) is 0 Å². The summed E-state index contributed by atoms with van der Waals surface area (Å²) in [4.78, 5) is 15.6. The lowest BCUT2D eigenvalue weighted by Gasteiger charge is -2.07. The highest BCUT2D eigenvalue weighted by atomic mass is 32.1. The fourth-order valence-electron chi connectivity index (χ4n) is 1.69. The fraction of sp³-hybridized carbons (Fsp3) is 0.231. The van der Waals surface area contributed by atoms with Crippen LogP contribution < -0.4 is 5.32 Å². The number of H-pyrrole nitrogens is 1. The molecule has 0 saturated carbocycles. The van der Waals surface area contributed by atoms with Crippen molar-refractivity contribution in [2.45, 2.75) is 20.3 Å². The molecule has 2 N–H and O–H groups in total. The summed E-state index contributed by atoms with van der Waals surface area (Å²) in [6.07, 6.45) is 0.0680. The lowest BCUT2D eigenvalue weighted by atomic mass is 10.2. The van der Waals surface area contributed by atoms with Crippen molar-refractivity contribution in [3.63, 3.8) is 0 Å². The van der Waals surface area contributed by atoms with Crippen LogP contribution in [0.4, 0.5) is 14.5 Å². The molecule has 0 atom stereocenters. The van der Waals surface area contributed by atoms with Gasteiger partial charge in [-0.2, -0.15) is 0 Å². The van der Waals surface area contributed by atoms with Gasteiger partial charge in [0, 0.05) is 16.6 Å². The van der Waals surface area contributed by atoms with Gasteiger partial charge in [-0.1, -0.05) is 0 Å². The first-order chi connectivity index (χ1) is 9.36. The summed E-state index contributed by atoms with van der Waals surface area (Å²) < 4.78 is 27.6. The van der Waals surface area contributed by atoms with Gasteiger partial charge in [-0.25, -0.2) is 8.78 Å². The van der Waals surface area contributed by atoms with E-state index in [0.29, 0.717) is 3.95 Å². The topological polar surface area (TPSA) is 44.9 Å². The maximum absolute atomic E-state index is 13.6. The Kier molecular flexibility index (Phi) is 4.29. The van der Waals surface area contributed by atoms with Gasteiger partial charge in [0.1, 0.15) is 11.6 Å². The van der Waals surface area contributed by atoms with Gasteiger partial charge in [-0.05, 0) is 37.7 Å². The summed E-state index contributed by atoms with van der Waals surface area (Å²) in [6, 6.07) is 2.03. The molecule has 2 rings (SSSR count). The largest absolute Gasteiger partial charge is 0.341 e. The smallest absolute Gasteiger partial charge is 0.229 e. The van der Waals surface area contributed by atoms with Gasteiger partial charge in [0.05, 0.1) is 12.1 Å². The van der Waals surface area contributed by atoms with Gasteiger partial charge < -0.3 is 10.3 Å². The second kappa shape index (κ2) is 5.80. The number of hydrogen-bond acceptors (Lipinski definition) is 3. The highest BCUT2D eigenvalue weighted by Gasteiger charge is 2.13. The van der Waals surface area contributed by atoms with Crippen LogP contribution in [-0.2, 0) is 11.2 Å². The lowest BCUT2D eigenvalue weighted by Crippen LogP contribution is -2.15. The molecular weight excluding hydrogens is 302 g/mol. The number of anilines is 1. The molecule has 1 aromatic heterocycles. The molecule has 0 aliphatic heterocycles. The molecule has 20 heavy (non-hydrogen) atoms. The second-order valence-corrected chi connectivity index (χ2v) is 6.14. The number of thiazole rings is 1. The summed E-state index contributed by atoms with van der Waals surface area (Å²) in [6.45, 7) is 3.26. The quantitative estimate of drug-likeness (QED) is 0.844. The van der Waals surface area contributed by atoms with Gasteiger partial charge in [0.2, 0.25) is 5.91 Å². The zero-order chi connectivity index (χ0) is 14.9. The summed E-state index contributed by atoms with van der Waals surface area (Å²) in [7, 11) is 0. The predicted octanol–water partition coefficient (Wildman–Crippen LogP) is 3.88. The lowest BCUT2D eigenvalue weighted by molar-refractivity contribution is -0.115. The molecule has 0 unspecified atom stereocenters. The van der Waals surface area contributed by atoms with E-state index < -0.39 is 17.5 Å². The number of aryl methyl sites for hydroxylation is 2. The third-order valence-electron chi connectivity index (χ3n) is 2.77. The summed E-state index contributed by atoms with van der Waals surface area (Å²) in [5, 5.41) is 2.37. The highest BCUT2D eigenvalue weighted by molar-refractivity contribution is 7.73.